The standard InChI is InChI=1S/C28H38N2S2.CH3Cl.Pd/c1-17(2)21-11-9-12-22(18(3)4)25(21)29-27-28(32-16-15-31-27)30-26-23(19(5)6)13-10-14-24(26)20(7)8;1-2;/h9-14,17-20H,15-16H2,1-8H3;1H3;/b29-27-,30-28+;;. The third kappa shape index (κ3) is 8.47. The Hall–Kier alpha value is -0.568. The second-order valence-corrected chi connectivity index (χ2v) is 11.9. The minimum absolute atomic E-state index is 0. The van der Waals surface area contributed by atoms with Crippen LogP contribution in [0.4, 0.5) is 11.4 Å². The number of thioether (sulfide) groups is 2. The number of halogens is 1. The van der Waals surface area contributed by atoms with Crippen molar-refractivity contribution < 1.29 is 20.4 Å². The summed E-state index contributed by atoms with van der Waals surface area (Å²) in [4.78, 5) is 10.6. The van der Waals surface area contributed by atoms with E-state index in [9.17, 15) is 0 Å². The molecule has 3 rings (SSSR count). The fourth-order valence-electron chi connectivity index (χ4n) is 4.05. The van der Waals surface area contributed by atoms with Gasteiger partial charge in [-0.15, -0.1) is 35.1 Å². The van der Waals surface area contributed by atoms with E-state index < -0.39 is 0 Å². The van der Waals surface area contributed by atoms with Crippen molar-refractivity contribution in [2.24, 2.45) is 9.98 Å². The van der Waals surface area contributed by atoms with E-state index in [1.54, 1.807) is 0 Å². The van der Waals surface area contributed by atoms with E-state index in [2.05, 4.69) is 103 Å². The number of rotatable bonds is 6. The Balaban J connectivity index is 0.00000199. The van der Waals surface area contributed by atoms with Crippen molar-refractivity contribution in [3.63, 3.8) is 0 Å². The van der Waals surface area contributed by atoms with Gasteiger partial charge in [-0.25, -0.2) is 9.98 Å². The van der Waals surface area contributed by atoms with Gasteiger partial charge < -0.3 is 0 Å². The van der Waals surface area contributed by atoms with Crippen molar-refractivity contribution in [3.05, 3.63) is 58.7 Å². The van der Waals surface area contributed by atoms with Crippen molar-refractivity contribution in [3.8, 4) is 0 Å². The molecule has 2 nitrogen and oxygen atoms in total. The van der Waals surface area contributed by atoms with E-state index in [4.69, 9.17) is 9.98 Å². The van der Waals surface area contributed by atoms with Crippen LogP contribution in [0.25, 0.3) is 0 Å². The van der Waals surface area contributed by atoms with Crippen molar-refractivity contribution in [1.82, 2.24) is 0 Å². The number of benzene rings is 2. The molecule has 1 aliphatic heterocycles. The van der Waals surface area contributed by atoms with Crippen LogP contribution < -0.4 is 0 Å². The molecular formula is C29H41ClN2PdS2. The largest absolute Gasteiger partial charge is 0.239 e. The summed E-state index contributed by atoms with van der Waals surface area (Å²) in [5, 5.41) is 2.15. The third-order valence-electron chi connectivity index (χ3n) is 5.86. The molecule has 0 bridgehead atoms. The molecule has 6 heteroatoms. The summed E-state index contributed by atoms with van der Waals surface area (Å²) in [5.74, 6) is 3.89. The van der Waals surface area contributed by atoms with Gasteiger partial charge in [-0.3, -0.25) is 0 Å². The summed E-state index contributed by atoms with van der Waals surface area (Å²) in [7, 11) is 0. The molecule has 0 N–H and O–H groups in total. The van der Waals surface area contributed by atoms with E-state index in [1.807, 2.05) is 23.5 Å². The van der Waals surface area contributed by atoms with Gasteiger partial charge >= 0.3 is 0 Å². The molecule has 0 aromatic heterocycles. The minimum atomic E-state index is 0. The van der Waals surface area contributed by atoms with Gasteiger partial charge in [-0.1, -0.05) is 91.8 Å². The molecule has 1 aliphatic rings. The molecule has 0 radical (unpaired) electrons. The van der Waals surface area contributed by atoms with Crippen LogP contribution in [0, 0.1) is 0 Å². The molecule has 196 valence electrons. The van der Waals surface area contributed by atoms with Crippen LogP contribution in [0.15, 0.2) is 46.4 Å². The zero-order valence-corrected chi connectivity index (χ0v) is 26.5. The van der Waals surface area contributed by atoms with Crippen LogP contribution in [0.2, 0.25) is 0 Å². The third-order valence-corrected chi connectivity index (χ3v) is 8.18. The Morgan fingerprint density at radius 1 is 0.571 bits per heavy atom. The van der Waals surface area contributed by atoms with Crippen molar-refractivity contribution >= 4 is 56.6 Å². The van der Waals surface area contributed by atoms with E-state index in [-0.39, 0.29) is 20.4 Å². The summed E-state index contributed by atoms with van der Waals surface area (Å²) in [6, 6.07) is 13.3. The van der Waals surface area contributed by atoms with Crippen LogP contribution in [-0.2, 0) is 20.4 Å². The van der Waals surface area contributed by atoms with Gasteiger partial charge in [-0.2, -0.15) is 0 Å². The van der Waals surface area contributed by atoms with Gasteiger partial charge in [0.15, 0.2) is 0 Å². The maximum atomic E-state index is 5.32. The maximum Gasteiger partial charge on any atom is 0.129 e. The maximum absolute atomic E-state index is 5.32. The number of aliphatic imine (C=N–C) groups is 2. The molecule has 1 heterocycles. The summed E-state index contributed by atoms with van der Waals surface area (Å²) >= 11 is 8.35. The average Bonchev–Trinajstić information content (AvgIpc) is 2.81. The molecule has 0 saturated carbocycles. The Kier molecular flexibility index (Phi) is 14.5. The minimum Gasteiger partial charge on any atom is -0.239 e. The van der Waals surface area contributed by atoms with E-state index >= 15 is 0 Å². The predicted molar refractivity (Wildman–Crippen MR) is 160 cm³/mol. The summed E-state index contributed by atoms with van der Waals surface area (Å²) in [5.41, 5.74) is 7.59. The van der Waals surface area contributed by atoms with E-state index in [1.165, 1.54) is 28.6 Å². The first kappa shape index (κ1) is 32.5. The summed E-state index contributed by atoms with van der Waals surface area (Å²) in [6.45, 7) is 18.1. The Bertz CT molecular complexity index is 880. The second kappa shape index (κ2) is 15.6. The zero-order valence-electron chi connectivity index (χ0n) is 22.6. The predicted octanol–water partition coefficient (Wildman–Crippen LogP) is 10.3. The Morgan fingerprint density at radius 3 is 1.06 bits per heavy atom. The van der Waals surface area contributed by atoms with Crippen molar-refractivity contribution in [2.45, 2.75) is 79.1 Å². The molecule has 1 fully saturated rings. The molecule has 1 saturated heterocycles. The summed E-state index contributed by atoms with van der Waals surface area (Å²) in [6.07, 6.45) is 1.47. The van der Waals surface area contributed by atoms with Crippen LogP contribution in [0.1, 0.15) is 101 Å². The smallest absolute Gasteiger partial charge is 0.129 e. The first-order valence-corrected chi connectivity index (χ1v) is 15.0. The molecule has 2 aromatic carbocycles. The van der Waals surface area contributed by atoms with Crippen LogP contribution in [-0.4, -0.2) is 28.0 Å². The molecular weight excluding hydrogens is 582 g/mol. The molecule has 2 aromatic rings. The first-order chi connectivity index (χ1) is 16.2. The topological polar surface area (TPSA) is 24.7 Å². The molecule has 0 amide bonds. The van der Waals surface area contributed by atoms with E-state index in [0.717, 1.165) is 33.0 Å². The monoisotopic (exact) mass is 622 g/mol. The van der Waals surface area contributed by atoms with Gasteiger partial charge in [0.05, 0.1) is 11.4 Å². The fourth-order valence-corrected chi connectivity index (χ4v) is 6.10. The average molecular weight is 624 g/mol. The van der Waals surface area contributed by atoms with Gasteiger partial charge in [-0.05, 0) is 45.9 Å². The van der Waals surface area contributed by atoms with Gasteiger partial charge in [0.25, 0.3) is 0 Å². The van der Waals surface area contributed by atoms with Crippen LogP contribution >= 0.6 is 35.1 Å². The molecule has 0 aliphatic carbocycles. The van der Waals surface area contributed by atoms with Crippen molar-refractivity contribution in [2.75, 3.05) is 17.9 Å². The molecule has 0 unspecified atom stereocenters. The fraction of sp³-hybridized carbons (Fsp3) is 0.517. The second-order valence-electron chi connectivity index (χ2n) is 9.72. The van der Waals surface area contributed by atoms with Crippen LogP contribution in [0.5, 0.6) is 0 Å². The SMILES string of the molecule is CC(C)c1cccc(C(C)C)c1/N=C1\SCCS\C1=N\c1c(C(C)C)cccc1C(C)C.CCl.[Pd]. The number of alkyl halides is 1. The van der Waals surface area contributed by atoms with Crippen molar-refractivity contribution in [1.29, 1.82) is 0 Å². The molecule has 0 spiro atoms. The molecule has 0 atom stereocenters. The normalized spacial score (nSPS) is 16.2. The van der Waals surface area contributed by atoms with Gasteiger partial charge in [0.2, 0.25) is 0 Å². The Morgan fingerprint density at radius 2 is 0.829 bits per heavy atom. The van der Waals surface area contributed by atoms with E-state index in [0.29, 0.717) is 23.7 Å². The zero-order chi connectivity index (χ0) is 25.4. The number of para-hydroxylation sites is 2. The quantitative estimate of drug-likeness (QED) is 0.236. The summed E-state index contributed by atoms with van der Waals surface area (Å²) < 4.78 is 0. The molecule has 35 heavy (non-hydrogen) atoms. The number of hydrogen-bond donors (Lipinski definition) is 0. The number of nitrogens with zero attached hydrogens (tertiary/aromatic N) is 2. The van der Waals surface area contributed by atoms with Gasteiger partial charge in [0.1, 0.15) is 10.1 Å². The van der Waals surface area contributed by atoms with Gasteiger partial charge in [0, 0.05) is 38.3 Å². The first-order valence-electron chi connectivity index (χ1n) is 12.3. The Labute approximate surface area is 241 Å². The van der Waals surface area contributed by atoms with Crippen LogP contribution in [0.3, 0.4) is 0 Å². The number of hydrogen-bond acceptors (Lipinski definition) is 4.